The summed E-state index contributed by atoms with van der Waals surface area (Å²) in [5, 5.41) is 11.8. The van der Waals surface area contributed by atoms with Crippen molar-refractivity contribution in [1.29, 1.82) is 0 Å². The van der Waals surface area contributed by atoms with Gasteiger partial charge in [0.05, 0.1) is 24.1 Å². The van der Waals surface area contributed by atoms with E-state index in [1.807, 2.05) is 0 Å². The first-order chi connectivity index (χ1) is 13.2. The van der Waals surface area contributed by atoms with E-state index in [2.05, 4.69) is 14.8 Å². The molecule has 0 saturated carbocycles. The number of alkyl halides is 3. The minimum atomic E-state index is -4.66. The number of carbonyl (C=O) groups excluding carboxylic acids is 1. The highest BCUT2D eigenvalue weighted by molar-refractivity contribution is 7.91. The molecule has 2 aliphatic rings. The van der Waals surface area contributed by atoms with Crippen molar-refractivity contribution in [2.24, 2.45) is 9.50 Å². The molecule has 1 aromatic heterocycles. The van der Waals surface area contributed by atoms with Crippen LogP contribution in [-0.2, 0) is 35.5 Å². The van der Waals surface area contributed by atoms with Crippen LogP contribution < -0.4 is 15.2 Å². The number of ether oxygens (including phenoxy) is 1. The van der Waals surface area contributed by atoms with Crippen molar-refractivity contribution in [3.05, 3.63) is 35.0 Å². The number of urea groups is 1. The van der Waals surface area contributed by atoms with Crippen molar-refractivity contribution in [1.82, 2.24) is 9.78 Å². The lowest BCUT2D eigenvalue weighted by atomic mass is 9.85. The van der Waals surface area contributed by atoms with E-state index in [4.69, 9.17) is 9.88 Å². The second-order valence-corrected chi connectivity index (χ2v) is 8.21. The summed E-state index contributed by atoms with van der Waals surface area (Å²) in [5.41, 5.74) is -0.234. The number of aromatic nitrogens is 2. The summed E-state index contributed by atoms with van der Waals surface area (Å²) in [6, 6.07) is 1.07. The number of nitrogens with two attached hydrogens (primary N) is 1. The lowest BCUT2D eigenvalue weighted by Gasteiger charge is -2.25. The molecule has 1 aliphatic heterocycles. The number of benzene rings is 1. The minimum absolute atomic E-state index is 0.0699. The summed E-state index contributed by atoms with van der Waals surface area (Å²) in [4.78, 5) is 12.2. The van der Waals surface area contributed by atoms with E-state index in [0.717, 1.165) is 11.6 Å². The molecule has 0 bridgehead atoms. The molecule has 3 N–H and O–H groups in total. The molecule has 28 heavy (non-hydrogen) atoms. The first-order valence-corrected chi connectivity index (χ1v) is 10.0. The smallest absolute Gasteiger partial charge is 0.418 e. The zero-order valence-electron chi connectivity index (χ0n) is 14.5. The monoisotopic (exact) mass is 415 g/mol. The fourth-order valence-electron chi connectivity index (χ4n) is 3.22. The molecular weight excluding hydrogens is 399 g/mol. The van der Waals surface area contributed by atoms with Gasteiger partial charge >= 0.3 is 12.2 Å². The average molecular weight is 415 g/mol. The van der Waals surface area contributed by atoms with Crippen LogP contribution in [0.4, 0.5) is 23.7 Å². The maximum Gasteiger partial charge on any atom is 0.418 e. The molecule has 12 heteroatoms. The van der Waals surface area contributed by atoms with E-state index >= 15 is 0 Å². The van der Waals surface area contributed by atoms with Crippen LogP contribution >= 0.6 is 0 Å². The lowest BCUT2D eigenvalue weighted by Crippen LogP contribution is -2.23. The Hall–Kier alpha value is -2.60. The van der Waals surface area contributed by atoms with E-state index in [1.54, 1.807) is 0 Å². The Morgan fingerprint density at radius 3 is 2.82 bits per heavy atom. The van der Waals surface area contributed by atoms with Crippen LogP contribution in [0.1, 0.15) is 23.1 Å². The quantitative estimate of drug-likeness (QED) is 0.785. The first kappa shape index (κ1) is 18.7. The normalized spacial score (nSPS) is 17.4. The van der Waals surface area contributed by atoms with Crippen molar-refractivity contribution >= 4 is 21.6 Å². The number of hydrogen-bond acceptors (Lipinski definition) is 4. The summed E-state index contributed by atoms with van der Waals surface area (Å²) >= 11 is 0. The van der Waals surface area contributed by atoms with Gasteiger partial charge in [-0.1, -0.05) is 6.07 Å². The number of anilines is 1. The Kier molecular flexibility index (Phi) is 4.34. The largest absolute Gasteiger partial charge is 0.477 e. The first-order valence-electron chi connectivity index (χ1n) is 8.43. The van der Waals surface area contributed by atoms with E-state index < -0.39 is 27.7 Å². The maximum atomic E-state index is 13.3. The number of halogens is 3. The molecule has 2 amide bonds. The average Bonchev–Trinajstić information content (AvgIpc) is 2.99. The third-order valence-corrected chi connectivity index (χ3v) is 5.99. The minimum Gasteiger partial charge on any atom is -0.477 e. The molecule has 2 aromatic rings. The molecule has 1 atom stereocenters. The summed E-state index contributed by atoms with van der Waals surface area (Å²) in [5.74, 6) is 0.148. The van der Waals surface area contributed by atoms with Crippen molar-refractivity contribution in [3.8, 4) is 5.88 Å². The molecule has 4 rings (SSSR count). The standard InChI is InChI=1S/C16H16F3N5O3S/c17-16(18,19)11-5-3-9-2-4-10(9)13(11)22-15(25)23-28(20,26)12-8-21-24-6-1-7-27-14(12)24/h3,5,8H,1-2,4,6-7H2,(H3,20,22,23,25,26). The zero-order valence-corrected chi connectivity index (χ0v) is 15.3. The Morgan fingerprint density at radius 2 is 2.14 bits per heavy atom. The van der Waals surface area contributed by atoms with Crippen LogP contribution in [0.3, 0.4) is 0 Å². The highest BCUT2D eigenvalue weighted by Gasteiger charge is 2.37. The molecule has 2 heterocycles. The highest BCUT2D eigenvalue weighted by atomic mass is 32.2. The van der Waals surface area contributed by atoms with Crippen molar-refractivity contribution in [3.63, 3.8) is 0 Å². The third kappa shape index (κ3) is 3.22. The summed E-state index contributed by atoms with van der Waals surface area (Å²) in [7, 11) is -3.76. The molecule has 1 aliphatic carbocycles. The van der Waals surface area contributed by atoms with Crippen LogP contribution in [0.25, 0.3) is 0 Å². The lowest BCUT2D eigenvalue weighted by molar-refractivity contribution is -0.137. The van der Waals surface area contributed by atoms with Gasteiger partial charge in [-0.25, -0.2) is 18.8 Å². The van der Waals surface area contributed by atoms with Crippen LogP contribution in [0.15, 0.2) is 27.6 Å². The number of amides is 2. The summed E-state index contributed by atoms with van der Waals surface area (Å²) in [6.45, 7) is 0.896. The fraction of sp³-hybridized carbons (Fsp3) is 0.375. The molecule has 8 nitrogen and oxygen atoms in total. The van der Waals surface area contributed by atoms with Gasteiger partial charge in [0.25, 0.3) is 0 Å². The number of fused-ring (bicyclic) bond motifs is 2. The number of hydrogen-bond donors (Lipinski definition) is 2. The second-order valence-electron chi connectivity index (χ2n) is 6.45. The SMILES string of the molecule is NS(=O)(=NC(=O)Nc1c(C(F)(F)F)ccc2c1CC2)c1cnn2c1OCCC2. The van der Waals surface area contributed by atoms with Gasteiger partial charge in [-0.15, -0.1) is 4.36 Å². The maximum absolute atomic E-state index is 13.3. The Bertz CT molecular complexity index is 1090. The van der Waals surface area contributed by atoms with Crippen LogP contribution in [0.5, 0.6) is 5.88 Å². The van der Waals surface area contributed by atoms with Gasteiger partial charge in [-0.3, -0.25) is 0 Å². The van der Waals surface area contributed by atoms with Gasteiger partial charge < -0.3 is 10.1 Å². The van der Waals surface area contributed by atoms with Crippen molar-refractivity contribution in [2.45, 2.75) is 36.9 Å². The molecule has 1 unspecified atom stereocenters. The van der Waals surface area contributed by atoms with Crippen molar-refractivity contribution < 1.29 is 26.9 Å². The zero-order chi connectivity index (χ0) is 20.1. The molecule has 0 radical (unpaired) electrons. The van der Waals surface area contributed by atoms with Crippen LogP contribution in [0.2, 0.25) is 0 Å². The van der Waals surface area contributed by atoms with E-state index in [0.29, 0.717) is 38.0 Å². The summed E-state index contributed by atoms with van der Waals surface area (Å²) in [6.07, 6.45) is -1.73. The number of aryl methyl sites for hydroxylation is 2. The topological polar surface area (TPSA) is 112 Å². The number of rotatable bonds is 2. The summed E-state index contributed by atoms with van der Waals surface area (Å²) < 4.78 is 62.9. The molecule has 150 valence electrons. The third-order valence-electron chi connectivity index (χ3n) is 4.64. The van der Waals surface area contributed by atoms with Crippen LogP contribution in [0, 0.1) is 0 Å². The number of carbonyl (C=O) groups is 1. The highest BCUT2D eigenvalue weighted by Crippen LogP contribution is 2.41. The number of nitrogens with one attached hydrogen (secondary N) is 1. The molecule has 0 spiro atoms. The van der Waals surface area contributed by atoms with E-state index in [9.17, 15) is 22.2 Å². The Balaban J connectivity index is 1.68. The van der Waals surface area contributed by atoms with Gasteiger partial charge in [0.1, 0.15) is 4.90 Å². The Labute approximate surface area is 158 Å². The van der Waals surface area contributed by atoms with Gasteiger partial charge in [-0.05, 0) is 30.0 Å². The predicted molar refractivity (Wildman–Crippen MR) is 93.2 cm³/mol. The Morgan fingerprint density at radius 1 is 1.36 bits per heavy atom. The second kappa shape index (κ2) is 6.48. The molecular formula is C16H16F3N5O3S. The predicted octanol–water partition coefficient (Wildman–Crippen LogP) is 2.72. The van der Waals surface area contributed by atoms with Gasteiger partial charge in [0.15, 0.2) is 9.92 Å². The van der Waals surface area contributed by atoms with Gasteiger partial charge in [0, 0.05) is 13.0 Å². The molecule has 0 saturated heterocycles. The fourth-order valence-corrected chi connectivity index (χ4v) is 4.22. The van der Waals surface area contributed by atoms with E-state index in [1.165, 1.54) is 16.9 Å². The van der Waals surface area contributed by atoms with Crippen molar-refractivity contribution in [2.75, 3.05) is 11.9 Å². The van der Waals surface area contributed by atoms with Gasteiger partial charge in [0.2, 0.25) is 5.88 Å². The van der Waals surface area contributed by atoms with Gasteiger partial charge in [-0.2, -0.15) is 18.3 Å². The van der Waals surface area contributed by atoms with Crippen LogP contribution in [-0.4, -0.2) is 26.6 Å². The molecule has 0 fully saturated rings. The number of nitrogens with zero attached hydrogens (tertiary/aromatic N) is 3. The van der Waals surface area contributed by atoms with E-state index in [-0.39, 0.29) is 16.5 Å². The molecule has 1 aromatic carbocycles.